The van der Waals surface area contributed by atoms with E-state index in [9.17, 15) is 8.78 Å². The van der Waals surface area contributed by atoms with E-state index < -0.39 is 6.29 Å². The number of pyridine rings is 1. The number of benzene rings is 1. The summed E-state index contributed by atoms with van der Waals surface area (Å²) in [6.45, 7) is 4.56. The molecule has 9 heteroatoms. The minimum atomic E-state index is -3.68. The molecule has 1 atom stereocenters. The van der Waals surface area contributed by atoms with Crippen molar-refractivity contribution in [2.45, 2.75) is 38.5 Å². The minimum Gasteiger partial charge on any atom is -0.395 e. The lowest BCUT2D eigenvalue weighted by molar-refractivity contribution is -0.286. The average Bonchev–Trinajstić information content (AvgIpc) is 3.54. The molecule has 1 N–H and O–H groups in total. The van der Waals surface area contributed by atoms with Crippen LogP contribution in [0.5, 0.6) is 11.5 Å². The van der Waals surface area contributed by atoms with Crippen LogP contribution in [0.15, 0.2) is 42.6 Å². The van der Waals surface area contributed by atoms with Gasteiger partial charge in [0.25, 0.3) is 0 Å². The number of fused-ring (bicyclic) bond motifs is 2. The Balaban J connectivity index is 1.36. The van der Waals surface area contributed by atoms with E-state index in [1.54, 1.807) is 29.7 Å². The Morgan fingerprint density at radius 2 is 1.97 bits per heavy atom. The molecule has 2 aliphatic heterocycles. The first-order valence-electron chi connectivity index (χ1n) is 11.1. The van der Waals surface area contributed by atoms with Crippen LogP contribution in [0, 0.1) is 0 Å². The fourth-order valence-electron chi connectivity index (χ4n) is 4.62. The smallest absolute Gasteiger partial charge is 0.395 e. The van der Waals surface area contributed by atoms with E-state index in [4.69, 9.17) is 4.74 Å². The number of halogens is 2. The second kappa shape index (κ2) is 7.78. The molecule has 1 saturated heterocycles. The molecule has 0 spiro atoms. The van der Waals surface area contributed by atoms with Crippen LogP contribution in [0.3, 0.4) is 0 Å². The van der Waals surface area contributed by atoms with Gasteiger partial charge >= 0.3 is 6.29 Å². The van der Waals surface area contributed by atoms with Crippen molar-refractivity contribution in [1.29, 1.82) is 0 Å². The number of nitrogens with one attached hydrogen (secondary N) is 1. The number of hydrogen-bond acceptors (Lipinski definition) is 6. The van der Waals surface area contributed by atoms with E-state index in [-0.39, 0.29) is 11.5 Å². The number of ether oxygens (including phenoxy) is 2. The molecule has 1 fully saturated rings. The summed E-state index contributed by atoms with van der Waals surface area (Å²) in [6.07, 6.45) is 1.96. The zero-order valence-corrected chi connectivity index (χ0v) is 18.8. The summed E-state index contributed by atoms with van der Waals surface area (Å²) >= 11 is 1.76. The van der Waals surface area contributed by atoms with Gasteiger partial charge in [-0.3, -0.25) is 10.00 Å². The van der Waals surface area contributed by atoms with Gasteiger partial charge in [-0.25, -0.2) is 4.98 Å². The quantitative estimate of drug-likeness (QED) is 0.385. The highest BCUT2D eigenvalue weighted by Gasteiger charge is 2.44. The van der Waals surface area contributed by atoms with Gasteiger partial charge in [-0.05, 0) is 63.2 Å². The summed E-state index contributed by atoms with van der Waals surface area (Å²) < 4.78 is 36.7. The predicted molar refractivity (Wildman–Crippen MR) is 123 cm³/mol. The highest BCUT2D eigenvalue weighted by Crippen LogP contribution is 2.48. The van der Waals surface area contributed by atoms with Crippen LogP contribution in [0.4, 0.5) is 8.78 Å². The van der Waals surface area contributed by atoms with Crippen LogP contribution in [0.2, 0.25) is 0 Å². The molecule has 33 heavy (non-hydrogen) atoms. The molecule has 4 aromatic rings. The summed E-state index contributed by atoms with van der Waals surface area (Å²) in [4.78, 5) is 9.49. The molecule has 5 heterocycles. The van der Waals surface area contributed by atoms with Crippen molar-refractivity contribution < 1.29 is 18.3 Å². The second-order valence-electron chi connectivity index (χ2n) is 8.47. The second-order valence-corrected chi connectivity index (χ2v) is 9.58. The van der Waals surface area contributed by atoms with Crippen molar-refractivity contribution >= 4 is 22.4 Å². The zero-order valence-electron chi connectivity index (χ0n) is 18.0. The van der Waals surface area contributed by atoms with Gasteiger partial charge in [-0.1, -0.05) is 12.5 Å². The van der Waals surface area contributed by atoms with Crippen LogP contribution >= 0.6 is 11.3 Å². The van der Waals surface area contributed by atoms with Gasteiger partial charge in [0.15, 0.2) is 17.1 Å². The van der Waals surface area contributed by atoms with Gasteiger partial charge in [0.1, 0.15) is 0 Å². The molecule has 0 radical (unpaired) electrons. The Bertz CT molecular complexity index is 1330. The van der Waals surface area contributed by atoms with E-state index in [0.717, 1.165) is 28.9 Å². The number of aromatic nitrogens is 3. The van der Waals surface area contributed by atoms with Crippen LogP contribution < -0.4 is 9.47 Å². The fourth-order valence-corrected chi connectivity index (χ4v) is 5.70. The molecular formula is C24H22F2N4O2S. The third-order valence-corrected chi connectivity index (χ3v) is 7.67. The fraction of sp³-hybridized carbons (Fsp3) is 0.333. The van der Waals surface area contributed by atoms with Gasteiger partial charge in [0, 0.05) is 38.5 Å². The lowest BCUT2D eigenvalue weighted by Gasteiger charge is -2.31. The number of thiophene rings is 1. The maximum absolute atomic E-state index is 13.7. The molecule has 170 valence electrons. The molecule has 1 aromatic carbocycles. The van der Waals surface area contributed by atoms with Crippen molar-refractivity contribution in [1.82, 2.24) is 20.1 Å². The molecule has 0 amide bonds. The van der Waals surface area contributed by atoms with E-state index in [2.05, 4.69) is 43.9 Å². The Morgan fingerprint density at radius 1 is 1.12 bits per heavy atom. The Hall–Kier alpha value is -3.04. The largest absolute Gasteiger partial charge is 0.586 e. The van der Waals surface area contributed by atoms with Gasteiger partial charge in [0.2, 0.25) is 0 Å². The number of aromatic amines is 1. The number of H-pyrrole nitrogens is 1. The van der Waals surface area contributed by atoms with Gasteiger partial charge in [-0.2, -0.15) is 5.10 Å². The summed E-state index contributed by atoms with van der Waals surface area (Å²) in [6, 6.07) is 11.5. The molecule has 2 aliphatic rings. The third-order valence-electron chi connectivity index (χ3n) is 6.37. The van der Waals surface area contributed by atoms with Crippen LogP contribution in [0.1, 0.15) is 37.1 Å². The van der Waals surface area contributed by atoms with Crippen molar-refractivity contribution in [2.75, 3.05) is 13.1 Å². The first kappa shape index (κ1) is 20.6. The number of likely N-dealkylation sites (tertiary alicyclic amines) is 1. The van der Waals surface area contributed by atoms with Gasteiger partial charge < -0.3 is 9.47 Å². The molecule has 6 nitrogen and oxygen atoms in total. The lowest BCUT2D eigenvalue weighted by Crippen LogP contribution is -2.31. The van der Waals surface area contributed by atoms with E-state index in [1.807, 2.05) is 6.07 Å². The first-order valence-corrected chi connectivity index (χ1v) is 11.9. The Labute approximate surface area is 193 Å². The highest BCUT2D eigenvalue weighted by atomic mass is 32.1. The van der Waals surface area contributed by atoms with Crippen molar-refractivity contribution in [3.05, 3.63) is 47.5 Å². The number of piperidine rings is 1. The monoisotopic (exact) mass is 468 g/mol. The SMILES string of the molecule is CC(c1ccc(-c2cnc3n[nH]c(-c4cccc5c4OC(F)(F)O5)c3c2)s1)N1CCCCC1. The molecule has 0 saturated carbocycles. The molecule has 1 unspecified atom stereocenters. The molecule has 0 aliphatic carbocycles. The molecule has 6 rings (SSSR count). The highest BCUT2D eigenvalue weighted by molar-refractivity contribution is 7.15. The van der Waals surface area contributed by atoms with Crippen molar-refractivity contribution in [2.24, 2.45) is 0 Å². The number of para-hydroxylation sites is 1. The lowest BCUT2D eigenvalue weighted by atomic mass is 10.1. The summed E-state index contributed by atoms with van der Waals surface area (Å²) in [7, 11) is 0. The number of alkyl halides is 2. The van der Waals surface area contributed by atoms with Gasteiger partial charge in [-0.15, -0.1) is 20.1 Å². The van der Waals surface area contributed by atoms with E-state index in [1.165, 1.54) is 30.2 Å². The zero-order chi connectivity index (χ0) is 22.6. The first-order chi connectivity index (χ1) is 16.0. The number of hydrogen-bond donors (Lipinski definition) is 1. The van der Waals surface area contributed by atoms with Gasteiger partial charge in [0.05, 0.1) is 5.69 Å². The van der Waals surface area contributed by atoms with E-state index in [0.29, 0.717) is 22.9 Å². The van der Waals surface area contributed by atoms with Crippen molar-refractivity contribution in [3.8, 4) is 33.2 Å². The van der Waals surface area contributed by atoms with E-state index >= 15 is 0 Å². The number of nitrogens with zero attached hydrogens (tertiary/aromatic N) is 3. The maximum atomic E-state index is 13.7. The molecule has 0 bridgehead atoms. The van der Waals surface area contributed by atoms with Crippen LogP contribution in [-0.4, -0.2) is 39.5 Å². The normalized spacial score (nSPS) is 18.6. The molecule has 3 aromatic heterocycles. The summed E-state index contributed by atoms with van der Waals surface area (Å²) in [5.41, 5.74) is 2.49. The standard InChI is InChI=1S/C24H22F2N4O2S/c1-14(30-10-3-2-4-11-30)19-8-9-20(33-19)15-12-17-21(28-29-23(17)27-13-15)16-6-5-7-18-22(16)32-24(25,26)31-18/h5-9,12-14H,2-4,10-11H2,1H3,(H,27,28,29). The number of rotatable bonds is 4. The van der Waals surface area contributed by atoms with Crippen LogP contribution in [-0.2, 0) is 0 Å². The summed E-state index contributed by atoms with van der Waals surface area (Å²) in [5, 5.41) is 7.93. The average molecular weight is 469 g/mol. The third kappa shape index (κ3) is 3.65. The molecular weight excluding hydrogens is 446 g/mol. The van der Waals surface area contributed by atoms with Crippen molar-refractivity contribution in [3.63, 3.8) is 0 Å². The minimum absolute atomic E-state index is 0.000960. The Morgan fingerprint density at radius 3 is 2.82 bits per heavy atom. The maximum Gasteiger partial charge on any atom is 0.586 e. The Kier molecular flexibility index (Phi) is 4.84. The summed E-state index contributed by atoms with van der Waals surface area (Å²) in [5.74, 6) is -0.00816. The topological polar surface area (TPSA) is 63.3 Å². The van der Waals surface area contributed by atoms with Crippen LogP contribution in [0.25, 0.3) is 32.7 Å². The predicted octanol–water partition coefficient (Wildman–Crippen LogP) is 6.22.